The van der Waals surface area contributed by atoms with Crippen LogP contribution in [0.5, 0.6) is 17.2 Å². The summed E-state index contributed by atoms with van der Waals surface area (Å²) in [7, 11) is 0. The van der Waals surface area contributed by atoms with E-state index in [0.29, 0.717) is 5.75 Å². The van der Waals surface area contributed by atoms with Gasteiger partial charge in [-0.05, 0) is 47.2 Å². The van der Waals surface area contributed by atoms with E-state index in [1.54, 1.807) is 37.3 Å². The zero-order valence-electron chi connectivity index (χ0n) is 13.9. The molecule has 0 bridgehead atoms. The second-order valence-corrected chi connectivity index (χ2v) is 5.56. The standard InChI is InChI=1S/C20H15FO5/c1-2-19(23)25-16-7-5-12-9-14(4-3-13(12)10-16)20(24)26-18-8-6-15(22)11-17(18)21/h3-11,22H,2H2,1H3. The summed E-state index contributed by atoms with van der Waals surface area (Å²) in [5.74, 6) is -1.99. The number of carbonyl (C=O) groups is 2. The van der Waals surface area contributed by atoms with Crippen LogP contribution in [0.15, 0.2) is 54.6 Å². The van der Waals surface area contributed by atoms with E-state index in [2.05, 4.69) is 0 Å². The summed E-state index contributed by atoms with van der Waals surface area (Å²) >= 11 is 0. The number of aromatic hydroxyl groups is 1. The predicted octanol–water partition coefficient (Wildman–Crippen LogP) is 4.22. The Balaban J connectivity index is 1.83. The van der Waals surface area contributed by atoms with E-state index in [1.807, 2.05) is 0 Å². The van der Waals surface area contributed by atoms with Crippen LogP contribution in [-0.2, 0) is 4.79 Å². The maximum absolute atomic E-state index is 13.7. The van der Waals surface area contributed by atoms with Gasteiger partial charge in [0.2, 0.25) is 0 Å². The third-order valence-electron chi connectivity index (χ3n) is 3.69. The fourth-order valence-corrected chi connectivity index (χ4v) is 2.35. The lowest BCUT2D eigenvalue weighted by atomic mass is 10.1. The van der Waals surface area contributed by atoms with Gasteiger partial charge in [0.25, 0.3) is 0 Å². The second kappa shape index (κ2) is 7.23. The monoisotopic (exact) mass is 354 g/mol. The van der Waals surface area contributed by atoms with Gasteiger partial charge in [-0.25, -0.2) is 9.18 Å². The molecule has 26 heavy (non-hydrogen) atoms. The minimum absolute atomic E-state index is 0.239. The molecule has 132 valence electrons. The third kappa shape index (κ3) is 3.80. The fourth-order valence-electron chi connectivity index (χ4n) is 2.35. The van der Waals surface area contributed by atoms with Crippen molar-refractivity contribution in [3.05, 3.63) is 66.0 Å². The van der Waals surface area contributed by atoms with Gasteiger partial charge in [-0.3, -0.25) is 4.79 Å². The molecule has 0 heterocycles. The molecule has 0 amide bonds. The van der Waals surface area contributed by atoms with Crippen LogP contribution in [-0.4, -0.2) is 17.0 Å². The number of hydrogen-bond acceptors (Lipinski definition) is 5. The molecule has 6 heteroatoms. The van der Waals surface area contributed by atoms with Crippen molar-refractivity contribution in [1.82, 2.24) is 0 Å². The average Bonchev–Trinajstić information content (AvgIpc) is 2.63. The summed E-state index contributed by atoms with van der Waals surface area (Å²) in [6.07, 6.45) is 0.274. The van der Waals surface area contributed by atoms with Crippen molar-refractivity contribution in [2.45, 2.75) is 13.3 Å². The quantitative estimate of drug-likeness (QED) is 0.561. The van der Waals surface area contributed by atoms with Crippen molar-refractivity contribution in [1.29, 1.82) is 0 Å². The van der Waals surface area contributed by atoms with Gasteiger partial charge in [0.15, 0.2) is 11.6 Å². The molecule has 3 aromatic rings. The molecular weight excluding hydrogens is 339 g/mol. The van der Waals surface area contributed by atoms with Crippen LogP contribution >= 0.6 is 0 Å². The van der Waals surface area contributed by atoms with Gasteiger partial charge < -0.3 is 14.6 Å². The Morgan fingerprint density at radius 2 is 1.69 bits per heavy atom. The van der Waals surface area contributed by atoms with Crippen molar-refractivity contribution in [2.24, 2.45) is 0 Å². The lowest BCUT2D eigenvalue weighted by Crippen LogP contribution is -2.09. The first-order valence-electron chi connectivity index (χ1n) is 7.91. The van der Waals surface area contributed by atoms with Crippen molar-refractivity contribution in [2.75, 3.05) is 0 Å². The van der Waals surface area contributed by atoms with Crippen LogP contribution in [0, 0.1) is 5.82 Å². The molecule has 3 rings (SSSR count). The van der Waals surface area contributed by atoms with Crippen LogP contribution in [0.4, 0.5) is 4.39 Å². The maximum atomic E-state index is 13.7. The van der Waals surface area contributed by atoms with Gasteiger partial charge in [0.05, 0.1) is 5.56 Å². The number of rotatable bonds is 4. The van der Waals surface area contributed by atoms with E-state index in [0.717, 1.165) is 16.8 Å². The molecule has 0 spiro atoms. The second-order valence-electron chi connectivity index (χ2n) is 5.56. The van der Waals surface area contributed by atoms with Crippen LogP contribution in [0.3, 0.4) is 0 Å². The van der Waals surface area contributed by atoms with E-state index in [1.165, 1.54) is 18.2 Å². The summed E-state index contributed by atoms with van der Waals surface area (Å²) in [6.45, 7) is 1.71. The highest BCUT2D eigenvalue weighted by molar-refractivity contribution is 5.96. The Kier molecular flexibility index (Phi) is 4.84. The smallest absolute Gasteiger partial charge is 0.343 e. The van der Waals surface area contributed by atoms with Crippen molar-refractivity contribution < 1.29 is 28.6 Å². The molecule has 0 atom stereocenters. The molecule has 0 fully saturated rings. The lowest BCUT2D eigenvalue weighted by molar-refractivity contribution is -0.134. The first-order valence-corrected chi connectivity index (χ1v) is 7.91. The lowest BCUT2D eigenvalue weighted by Gasteiger charge is -2.08. The number of benzene rings is 3. The Hall–Kier alpha value is -3.41. The number of carbonyl (C=O) groups excluding carboxylic acids is 2. The molecule has 0 saturated heterocycles. The highest BCUT2D eigenvalue weighted by Gasteiger charge is 2.13. The molecule has 0 aliphatic rings. The summed E-state index contributed by atoms with van der Waals surface area (Å²) in [6, 6.07) is 13.1. The van der Waals surface area contributed by atoms with Crippen molar-refractivity contribution in [3.63, 3.8) is 0 Å². The first-order chi connectivity index (χ1) is 12.5. The SMILES string of the molecule is CCC(=O)Oc1ccc2cc(C(=O)Oc3ccc(O)cc3F)ccc2c1. The molecule has 0 saturated carbocycles. The number of halogens is 1. The molecular formula is C20H15FO5. The Morgan fingerprint density at radius 1 is 0.962 bits per heavy atom. The van der Waals surface area contributed by atoms with Gasteiger partial charge in [0, 0.05) is 12.5 Å². The molecule has 3 aromatic carbocycles. The first kappa shape index (κ1) is 17.4. The van der Waals surface area contributed by atoms with Gasteiger partial charge >= 0.3 is 11.9 Å². The van der Waals surface area contributed by atoms with Crippen molar-refractivity contribution in [3.8, 4) is 17.2 Å². The zero-order chi connectivity index (χ0) is 18.7. The van der Waals surface area contributed by atoms with Crippen molar-refractivity contribution >= 4 is 22.7 Å². The number of phenolic OH excluding ortho intramolecular Hbond substituents is 1. The summed E-state index contributed by atoms with van der Waals surface area (Å²) < 4.78 is 23.9. The van der Waals surface area contributed by atoms with E-state index in [-0.39, 0.29) is 29.5 Å². The fraction of sp³-hybridized carbons (Fsp3) is 0.100. The van der Waals surface area contributed by atoms with E-state index < -0.39 is 11.8 Å². The molecule has 5 nitrogen and oxygen atoms in total. The number of fused-ring (bicyclic) bond motifs is 1. The van der Waals surface area contributed by atoms with Gasteiger partial charge in [-0.2, -0.15) is 0 Å². The van der Waals surface area contributed by atoms with Crippen LogP contribution in [0.1, 0.15) is 23.7 Å². The molecule has 0 radical (unpaired) electrons. The van der Waals surface area contributed by atoms with Crippen LogP contribution < -0.4 is 9.47 Å². The van der Waals surface area contributed by atoms with Crippen LogP contribution in [0.2, 0.25) is 0 Å². The van der Waals surface area contributed by atoms with E-state index in [4.69, 9.17) is 9.47 Å². The minimum Gasteiger partial charge on any atom is -0.508 e. The predicted molar refractivity (Wildman–Crippen MR) is 92.9 cm³/mol. The number of hydrogen-bond donors (Lipinski definition) is 1. The number of esters is 2. The largest absolute Gasteiger partial charge is 0.508 e. The molecule has 0 aliphatic carbocycles. The number of phenols is 1. The normalized spacial score (nSPS) is 10.5. The zero-order valence-corrected chi connectivity index (χ0v) is 13.9. The van der Waals surface area contributed by atoms with Crippen LogP contribution in [0.25, 0.3) is 10.8 Å². The van der Waals surface area contributed by atoms with Gasteiger partial charge in [-0.15, -0.1) is 0 Å². The van der Waals surface area contributed by atoms with Gasteiger partial charge in [-0.1, -0.05) is 19.1 Å². The Labute approximate surface area is 148 Å². The Morgan fingerprint density at radius 3 is 2.42 bits per heavy atom. The Bertz CT molecular complexity index is 997. The van der Waals surface area contributed by atoms with E-state index >= 15 is 0 Å². The van der Waals surface area contributed by atoms with E-state index in [9.17, 15) is 19.1 Å². The molecule has 1 N–H and O–H groups in total. The maximum Gasteiger partial charge on any atom is 0.343 e. The summed E-state index contributed by atoms with van der Waals surface area (Å²) in [5.41, 5.74) is 0.239. The summed E-state index contributed by atoms with van der Waals surface area (Å²) in [4.78, 5) is 23.6. The average molecular weight is 354 g/mol. The molecule has 0 unspecified atom stereocenters. The number of ether oxygens (including phenoxy) is 2. The minimum atomic E-state index is -0.832. The van der Waals surface area contributed by atoms with Gasteiger partial charge in [0.1, 0.15) is 11.5 Å². The highest BCUT2D eigenvalue weighted by Crippen LogP contribution is 2.25. The highest BCUT2D eigenvalue weighted by atomic mass is 19.1. The summed E-state index contributed by atoms with van der Waals surface area (Å²) in [5, 5.41) is 10.7. The topological polar surface area (TPSA) is 72.8 Å². The molecule has 0 aliphatic heterocycles. The molecule has 0 aromatic heterocycles. The third-order valence-corrected chi connectivity index (χ3v) is 3.69.